The summed E-state index contributed by atoms with van der Waals surface area (Å²) in [5.74, 6) is 2.69. The number of nitrogens with one attached hydrogen (secondary N) is 1. The molecule has 18 heavy (non-hydrogen) atoms. The number of hydrogen-bond acceptors (Lipinski definition) is 2. The van der Waals surface area contributed by atoms with E-state index in [0.717, 1.165) is 10.8 Å². The molecule has 0 aliphatic rings. The molecule has 0 fully saturated rings. The van der Waals surface area contributed by atoms with Crippen LogP contribution in [0, 0.1) is 12.3 Å². The van der Waals surface area contributed by atoms with Crippen molar-refractivity contribution in [3.63, 3.8) is 0 Å². The Morgan fingerprint density at radius 1 is 1.33 bits per heavy atom. The molecule has 0 heterocycles. The average molecular weight is 239 g/mol. The molecule has 0 saturated heterocycles. The zero-order valence-electron chi connectivity index (χ0n) is 10.1. The molecule has 0 saturated carbocycles. The maximum Gasteiger partial charge on any atom is 0.255 e. The van der Waals surface area contributed by atoms with Crippen molar-refractivity contribution in [2.45, 2.75) is 0 Å². The van der Waals surface area contributed by atoms with E-state index in [1.807, 2.05) is 30.3 Å². The van der Waals surface area contributed by atoms with Gasteiger partial charge < -0.3 is 10.1 Å². The van der Waals surface area contributed by atoms with Crippen molar-refractivity contribution in [3.05, 3.63) is 42.0 Å². The minimum Gasteiger partial charge on any atom is -0.496 e. The first kappa shape index (κ1) is 12.0. The quantitative estimate of drug-likeness (QED) is 0.834. The SMILES string of the molecule is C#CCNC(=O)c1cc2ccccc2cc1OC. The van der Waals surface area contributed by atoms with Crippen molar-refractivity contribution in [1.82, 2.24) is 5.32 Å². The number of carbonyl (C=O) groups excluding carboxylic acids is 1. The van der Waals surface area contributed by atoms with Gasteiger partial charge in [0.15, 0.2) is 0 Å². The molecule has 1 N–H and O–H groups in total. The molecule has 3 nitrogen and oxygen atoms in total. The van der Waals surface area contributed by atoms with Crippen molar-refractivity contribution >= 4 is 16.7 Å². The smallest absolute Gasteiger partial charge is 0.255 e. The number of methoxy groups -OCH3 is 1. The Kier molecular flexibility index (Phi) is 3.49. The summed E-state index contributed by atoms with van der Waals surface area (Å²) in [6.07, 6.45) is 5.12. The van der Waals surface area contributed by atoms with E-state index in [1.165, 1.54) is 0 Å². The second kappa shape index (κ2) is 5.24. The number of hydrogen-bond donors (Lipinski definition) is 1. The summed E-state index contributed by atoms with van der Waals surface area (Å²) in [7, 11) is 1.54. The fourth-order valence-corrected chi connectivity index (χ4v) is 1.79. The summed E-state index contributed by atoms with van der Waals surface area (Å²) in [5.41, 5.74) is 0.492. The molecule has 1 amide bonds. The fraction of sp³-hybridized carbons (Fsp3) is 0.133. The summed E-state index contributed by atoms with van der Waals surface area (Å²) >= 11 is 0. The first-order valence-corrected chi connectivity index (χ1v) is 5.54. The second-order valence-corrected chi connectivity index (χ2v) is 3.79. The van der Waals surface area contributed by atoms with Crippen LogP contribution in [0.25, 0.3) is 10.8 Å². The number of fused-ring (bicyclic) bond motifs is 1. The minimum absolute atomic E-state index is 0.203. The molecule has 2 rings (SSSR count). The maximum absolute atomic E-state index is 11.9. The van der Waals surface area contributed by atoms with Gasteiger partial charge in [-0.15, -0.1) is 6.42 Å². The lowest BCUT2D eigenvalue weighted by Gasteiger charge is -2.09. The molecule has 0 aromatic heterocycles. The Labute approximate surface area is 106 Å². The van der Waals surface area contributed by atoms with Gasteiger partial charge in [-0.3, -0.25) is 4.79 Å². The fourth-order valence-electron chi connectivity index (χ4n) is 1.79. The highest BCUT2D eigenvalue weighted by Gasteiger charge is 2.12. The zero-order chi connectivity index (χ0) is 13.0. The third-order valence-electron chi connectivity index (χ3n) is 2.66. The molecule has 0 aliphatic heterocycles. The average Bonchev–Trinajstić information content (AvgIpc) is 2.43. The van der Waals surface area contributed by atoms with Crippen LogP contribution in [0.15, 0.2) is 36.4 Å². The lowest BCUT2D eigenvalue weighted by atomic mass is 10.1. The first-order valence-electron chi connectivity index (χ1n) is 5.54. The Morgan fingerprint density at radius 3 is 2.61 bits per heavy atom. The molecule has 3 heteroatoms. The normalized spacial score (nSPS) is 9.78. The standard InChI is InChI=1S/C15H13NO2/c1-3-8-16-15(17)13-9-11-6-4-5-7-12(11)10-14(13)18-2/h1,4-7,9-10H,8H2,2H3,(H,16,17). The van der Waals surface area contributed by atoms with Crippen molar-refractivity contribution in [2.24, 2.45) is 0 Å². The maximum atomic E-state index is 11.9. The van der Waals surface area contributed by atoms with Crippen LogP contribution in [0.1, 0.15) is 10.4 Å². The number of benzene rings is 2. The van der Waals surface area contributed by atoms with Gasteiger partial charge in [-0.1, -0.05) is 30.2 Å². The highest BCUT2D eigenvalue weighted by atomic mass is 16.5. The Hall–Kier alpha value is -2.47. The van der Waals surface area contributed by atoms with E-state index in [-0.39, 0.29) is 12.5 Å². The second-order valence-electron chi connectivity index (χ2n) is 3.79. The van der Waals surface area contributed by atoms with Crippen LogP contribution >= 0.6 is 0 Å². The largest absolute Gasteiger partial charge is 0.496 e. The lowest BCUT2D eigenvalue weighted by Crippen LogP contribution is -2.24. The molecule has 0 atom stereocenters. The highest BCUT2D eigenvalue weighted by molar-refractivity contribution is 6.01. The van der Waals surface area contributed by atoms with Gasteiger partial charge in [0.1, 0.15) is 5.75 Å². The van der Waals surface area contributed by atoms with Gasteiger partial charge in [0.25, 0.3) is 5.91 Å². The Balaban J connectivity index is 2.48. The van der Waals surface area contributed by atoms with Crippen molar-refractivity contribution in [3.8, 4) is 18.1 Å². The van der Waals surface area contributed by atoms with Gasteiger partial charge >= 0.3 is 0 Å². The molecular weight excluding hydrogens is 226 g/mol. The summed E-state index contributed by atoms with van der Waals surface area (Å²) in [6.45, 7) is 0.203. The molecular formula is C15H13NO2. The first-order chi connectivity index (χ1) is 8.76. The van der Waals surface area contributed by atoms with E-state index in [1.54, 1.807) is 13.2 Å². The minimum atomic E-state index is -0.226. The van der Waals surface area contributed by atoms with E-state index in [0.29, 0.717) is 11.3 Å². The zero-order valence-corrected chi connectivity index (χ0v) is 10.1. The van der Waals surface area contributed by atoms with Crippen molar-refractivity contribution in [1.29, 1.82) is 0 Å². The third-order valence-corrected chi connectivity index (χ3v) is 2.66. The molecule has 2 aromatic rings. The van der Waals surface area contributed by atoms with E-state index in [4.69, 9.17) is 11.2 Å². The highest BCUT2D eigenvalue weighted by Crippen LogP contribution is 2.25. The van der Waals surface area contributed by atoms with Crippen molar-refractivity contribution in [2.75, 3.05) is 13.7 Å². The van der Waals surface area contributed by atoms with Crippen LogP contribution in [-0.4, -0.2) is 19.6 Å². The molecule has 0 bridgehead atoms. The van der Waals surface area contributed by atoms with E-state index >= 15 is 0 Å². The van der Waals surface area contributed by atoms with Crippen LogP contribution < -0.4 is 10.1 Å². The van der Waals surface area contributed by atoms with Gasteiger partial charge in [-0.2, -0.15) is 0 Å². The molecule has 0 aliphatic carbocycles. The van der Waals surface area contributed by atoms with Crippen LogP contribution in [-0.2, 0) is 0 Å². The summed E-state index contributed by atoms with van der Waals surface area (Å²) in [5, 5.41) is 4.65. The lowest BCUT2D eigenvalue weighted by molar-refractivity contribution is 0.0956. The van der Waals surface area contributed by atoms with Crippen LogP contribution in [0.4, 0.5) is 0 Å². The van der Waals surface area contributed by atoms with Gasteiger partial charge in [0.05, 0.1) is 19.2 Å². The van der Waals surface area contributed by atoms with Gasteiger partial charge in [-0.05, 0) is 22.9 Å². The van der Waals surface area contributed by atoms with Gasteiger partial charge in [0, 0.05) is 0 Å². The number of amides is 1. The molecule has 2 aromatic carbocycles. The van der Waals surface area contributed by atoms with E-state index in [2.05, 4.69) is 11.2 Å². The number of rotatable bonds is 3. The van der Waals surface area contributed by atoms with Crippen LogP contribution in [0.5, 0.6) is 5.75 Å². The predicted molar refractivity (Wildman–Crippen MR) is 71.7 cm³/mol. The van der Waals surface area contributed by atoms with E-state index in [9.17, 15) is 4.79 Å². The molecule has 0 spiro atoms. The van der Waals surface area contributed by atoms with Gasteiger partial charge in [-0.25, -0.2) is 0 Å². The molecule has 90 valence electrons. The number of ether oxygens (including phenoxy) is 1. The summed E-state index contributed by atoms with van der Waals surface area (Å²) < 4.78 is 5.24. The topological polar surface area (TPSA) is 38.3 Å². The molecule has 0 radical (unpaired) electrons. The van der Waals surface area contributed by atoms with Gasteiger partial charge in [0.2, 0.25) is 0 Å². The van der Waals surface area contributed by atoms with Crippen LogP contribution in [0.2, 0.25) is 0 Å². The van der Waals surface area contributed by atoms with E-state index < -0.39 is 0 Å². The summed E-state index contributed by atoms with van der Waals surface area (Å²) in [6, 6.07) is 11.5. The monoisotopic (exact) mass is 239 g/mol. The summed E-state index contributed by atoms with van der Waals surface area (Å²) in [4.78, 5) is 11.9. The predicted octanol–water partition coefficient (Wildman–Crippen LogP) is 2.21. The Bertz CT molecular complexity index is 626. The molecule has 0 unspecified atom stereocenters. The Morgan fingerprint density at radius 2 is 2.00 bits per heavy atom. The number of carbonyl (C=O) groups is 1. The van der Waals surface area contributed by atoms with Crippen molar-refractivity contribution < 1.29 is 9.53 Å². The third kappa shape index (κ3) is 2.28. The number of terminal acetylenes is 1. The van der Waals surface area contributed by atoms with Crippen LogP contribution in [0.3, 0.4) is 0 Å².